The monoisotopic (exact) mass is 451 g/mol. The third-order valence-corrected chi connectivity index (χ3v) is 6.90. The molecule has 0 saturated carbocycles. The molecule has 0 atom stereocenters. The first kappa shape index (κ1) is 20.8. The van der Waals surface area contributed by atoms with E-state index in [4.69, 9.17) is 11.6 Å². The molecule has 1 N–H and O–H groups in total. The molecule has 0 saturated heterocycles. The van der Waals surface area contributed by atoms with E-state index in [9.17, 15) is 13.2 Å². The Bertz CT molecular complexity index is 1390. The van der Waals surface area contributed by atoms with Gasteiger partial charge in [0.05, 0.1) is 21.1 Å². The summed E-state index contributed by atoms with van der Waals surface area (Å²) < 4.78 is 27.3. The van der Waals surface area contributed by atoms with Crippen LogP contribution in [0.5, 0.6) is 0 Å². The van der Waals surface area contributed by atoms with Crippen molar-refractivity contribution in [3.63, 3.8) is 0 Å². The lowest BCUT2D eigenvalue weighted by Crippen LogP contribution is -2.27. The summed E-state index contributed by atoms with van der Waals surface area (Å²) in [5.74, 6) is -0.360. The van der Waals surface area contributed by atoms with Crippen molar-refractivity contribution in [1.29, 1.82) is 0 Å². The molecule has 0 spiro atoms. The van der Waals surface area contributed by atoms with Crippen LogP contribution in [0.3, 0.4) is 0 Å². The minimum absolute atomic E-state index is 0.0351. The van der Waals surface area contributed by atoms with E-state index >= 15 is 0 Å². The molecule has 0 fully saturated rings. The Morgan fingerprint density at radius 1 is 0.968 bits per heavy atom. The lowest BCUT2D eigenvalue weighted by atomic mass is 10.1. The summed E-state index contributed by atoms with van der Waals surface area (Å²) in [5, 5.41) is 4.00. The minimum atomic E-state index is -3.88. The van der Waals surface area contributed by atoms with E-state index in [0.717, 1.165) is 9.69 Å². The van der Waals surface area contributed by atoms with Crippen LogP contribution in [0, 0.1) is 0 Å². The van der Waals surface area contributed by atoms with Crippen molar-refractivity contribution in [2.45, 2.75) is 4.90 Å². The number of anilines is 2. The van der Waals surface area contributed by atoms with Gasteiger partial charge in [0.15, 0.2) is 0 Å². The zero-order valence-corrected chi connectivity index (χ0v) is 18.1. The van der Waals surface area contributed by atoms with Crippen molar-refractivity contribution in [3.05, 3.63) is 95.6 Å². The highest BCUT2D eigenvalue weighted by molar-refractivity contribution is 7.92. The summed E-state index contributed by atoms with van der Waals surface area (Å²) in [6.45, 7) is 0. The molecule has 0 aliphatic rings. The zero-order valence-electron chi connectivity index (χ0n) is 16.5. The number of benzene rings is 3. The molecule has 0 aliphatic carbocycles. The highest BCUT2D eigenvalue weighted by Crippen LogP contribution is 2.29. The number of halogens is 1. The molecule has 8 heteroatoms. The van der Waals surface area contributed by atoms with Crippen molar-refractivity contribution < 1.29 is 13.2 Å². The van der Waals surface area contributed by atoms with E-state index in [1.807, 2.05) is 18.2 Å². The standard InChI is InChI=1S/C23H18ClN3O3S/c1-27(22-10-3-2-9-20(22)24)31(29,30)19-8-4-7-18(15-19)26-23(28)17-12-11-16-6-5-13-25-21(16)14-17/h2-15H,1H3,(H,26,28). The molecular weight excluding hydrogens is 434 g/mol. The molecule has 1 amide bonds. The first-order chi connectivity index (χ1) is 14.9. The zero-order chi connectivity index (χ0) is 22.0. The maximum atomic E-state index is 13.1. The van der Waals surface area contributed by atoms with Crippen LogP contribution in [0.25, 0.3) is 10.9 Å². The Kier molecular flexibility index (Phi) is 5.63. The number of fused-ring (bicyclic) bond motifs is 1. The van der Waals surface area contributed by atoms with Crippen molar-refractivity contribution >= 4 is 49.8 Å². The number of nitrogens with one attached hydrogen (secondary N) is 1. The summed E-state index contributed by atoms with van der Waals surface area (Å²) >= 11 is 6.15. The molecule has 1 heterocycles. The Morgan fingerprint density at radius 3 is 2.58 bits per heavy atom. The number of amides is 1. The third-order valence-electron chi connectivity index (χ3n) is 4.81. The summed E-state index contributed by atoms with van der Waals surface area (Å²) in [7, 11) is -2.44. The van der Waals surface area contributed by atoms with Gasteiger partial charge < -0.3 is 5.32 Å². The van der Waals surface area contributed by atoms with Crippen LogP contribution >= 0.6 is 11.6 Å². The van der Waals surface area contributed by atoms with Gasteiger partial charge >= 0.3 is 0 Å². The van der Waals surface area contributed by atoms with Crippen LogP contribution in [0.2, 0.25) is 5.02 Å². The molecule has 0 unspecified atom stereocenters. The van der Waals surface area contributed by atoms with Gasteiger partial charge in [-0.15, -0.1) is 0 Å². The van der Waals surface area contributed by atoms with Gasteiger partial charge in [0.25, 0.3) is 15.9 Å². The Hall–Kier alpha value is -3.42. The van der Waals surface area contributed by atoms with E-state index in [0.29, 0.717) is 27.5 Å². The minimum Gasteiger partial charge on any atom is -0.322 e. The maximum absolute atomic E-state index is 13.1. The molecule has 0 radical (unpaired) electrons. The molecule has 0 aliphatic heterocycles. The van der Waals surface area contributed by atoms with E-state index in [1.54, 1.807) is 54.7 Å². The number of hydrogen-bond donors (Lipinski definition) is 1. The number of nitrogens with zero attached hydrogens (tertiary/aromatic N) is 2. The largest absolute Gasteiger partial charge is 0.322 e. The van der Waals surface area contributed by atoms with Gasteiger partial charge in [0.1, 0.15) is 0 Å². The molecule has 156 valence electrons. The van der Waals surface area contributed by atoms with Crippen LogP contribution in [-0.4, -0.2) is 26.4 Å². The highest BCUT2D eigenvalue weighted by Gasteiger charge is 2.23. The smallest absolute Gasteiger partial charge is 0.264 e. The third kappa shape index (κ3) is 4.23. The van der Waals surface area contributed by atoms with Gasteiger partial charge in [-0.1, -0.05) is 41.9 Å². The van der Waals surface area contributed by atoms with Crippen molar-refractivity contribution in [1.82, 2.24) is 4.98 Å². The number of aromatic nitrogens is 1. The lowest BCUT2D eigenvalue weighted by molar-refractivity contribution is 0.102. The van der Waals surface area contributed by atoms with Gasteiger partial charge in [-0.3, -0.25) is 14.1 Å². The quantitative estimate of drug-likeness (QED) is 0.464. The average molecular weight is 452 g/mol. The lowest BCUT2D eigenvalue weighted by Gasteiger charge is -2.21. The molecule has 6 nitrogen and oxygen atoms in total. The number of carbonyl (C=O) groups is 1. The number of para-hydroxylation sites is 1. The summed E-state index contributed by atoms with van der Waals surface area (Å²) in [6, 6.07) is 21.7. The second-order valence-corrected chi connectivity index (χ2v) is 9.19. The van der Waals surface area contributed by atoms with Gasteiger partial charge in [-0.25, -0.2) is 8.42 Å². The van der Waals surface area contributed by atoms with Gasteiger partial charge in [-0.2, -0.15) is 0 Å². The highest BCUT2D eigenvalue weighted by atomic mass is 35.5. The van der Waals surface area contributed by atoms with Crippen molar-refractivity contribution in [2.75, 3.05) is 16.7 Å². The number of hydrogen-bond acceptors (Lipinski definition) is 4. The van der Waals surface area contributed by atoms with E-state index < -0.39 is 10.0 Å². The Morgan fingerprint density at radius 2 is 1.77 bits per heavy atom. The van der Waals surface area contributed by atoms with Gasteiger partial charge in [-0.05, 0) is 48.5 Å². The molecule has 0 bridgehead atoms. The predicted octanol–water partition coefficient (Wildman–Crippen LogP) is 4.97. The molecule has 1 aromatic heterocycles. The van der Waals surface area contributed by atoms with E-state index in [2.05, 4.69) is 10.3 Å². The van der Waals surface area contributed by atoms with Crippen LogP contribution in [0.15, 0.2) is 90.0 Å². The number of sulfonamides is 1. The molecule has 4 rings (SSSR count). The first-order valence-corrected chi connectivity index (χ1v) is 11.2. The maximum Gasteiger partial charge on any atom is 0.264 e. The topological polar surface area (TPSA) is 79.4 Å². The molecule has 31 heavy (non-hydrogen) atoms. The SMILES string of the molecule is CN(c1ccccc1Cl)S(=O)(=O)c1cccc(NC(=O)c2ccc3cccnc3c2)c1. The Balaban J connectivity index is 1.60. The van der Waals surface area contributed by atoms with Crippen LogP contribution in [0.4, 0.5) is 11.4 Å². The van der Waals surface area contributed by atoms with Crippen LogP contribution < -0.4 is 9.62 Å². The molecule has 4 aromatic rings. The fraction of sp³-hybridized carbons (Fsp3) is 0.0435. The second-order valence-electron chi connectivity index (χ2n) is 6.82. The van der Waals surface area contributed by atoms with Crippen molar-refractivity contribution in [3.8, 4) is 0 Å². The molecule has 3 aromatic carbocycles. The fourth-order valence-electron chi connectivity index (χ4n) is 3.14. The van der Waals surface area contributed by atoms with Gasteiger partial charge in [0, 0.05) is 29.9 Å². The summed E-state index contributed by atoms with van der Waals surface area (Å²) in [4.78, 5) is 17.0. The molecular formula is C23H18ClN3O3S. The summed E-state index contributed by atoms with van der Waals surface area (Å²) in [6.07, 6.45) is 1.66. The normalized spacial score (nSPS) is 11.3. The first-order valence-electron chi connectivity index (χ1n) is 9.36. The predicted molar refractivity (Wildman–Crippen MR) is 123 cm³/mol. The fourth-order valence-corrected chi connectivity index (χ4v) is 4.71. The second kappa shape index (κ2) is 8.37. The Labute approximate surface area is 185 Å². The number of pyridine rings is 1. The van der Waals surface area contributed by atoms with E-state index in [-0.39, 0.29) is 10.8 Å². The number of rotatable bonds is 5. The average Bonchev–Trinajstić information content (AvgIpc) is 2.78. The van der Waals surface area contributed by atoms with Crippen molar-refractivity contribution in [2.24, 2.45) is 0 Å². The number of carbonyl (C=O) groups excluding carboxylic acids is 1. The summed E-state index contributed by atoms with van der Waals surface area (Å²) in [5.41, 5.74) is 1.85. The van der Waals surface area contributed by atoms with Crippen LogP contribution in [0.1, 0.15) is 10.4 Å². The van der Waals surface area contributed by atoms with Crippen LogP contribution in [-0.2, 0) is 10.0 Å². The van der Waals surface area contributed by atoms with Gasteiger partial charge in [0.2, 0.25) is 0 Å². The van der Waals surface area contributed by atoms with E-state index in [1.165, 1.54) is 19.2 Å².